The molecule has 0 spiro atoms. The Morgan fingerprint density at radius 2 is 1.57 bits per heavy atom. The predicted octanol–water partition coefficient (Wildman–Crippen LogP) is -0.934. The summed E-state index contributed by atoms with van der Waals surface area (Å²) in [6.45, 7) is 1.42. The number of aliphatic hydroxyl groups is 2. The standard InChI is InChI=1S/C3H9NO2.ClH/c1-2(5)3(4)6;/h2-3,5-6H,4H2,1H3;1H/t2-,3?;/m0./s1. The molecule has 0 saturated carbocycles. The summed E-state index contributed by atoms with van der Waals surface area (Å²) >= 11 is 0. The molecular formula is C3H10ClNO2. The first kappa shape index (κ1) is 10.2. The monoisotopic (exact) mass is 127 g/mol. The van der Waals surface area contributed by atoms with Crippen molar-refractivity contribution < 1.29 is 10.2 Å². The molecule has 0 fully saturated rings. The number of hydrogen-bond acceptors (Lipinski definition) is 3. The molecule has 0 aromatic heterocycles. The zero-order chi connectivity index (χ0) is 5.15. The van der Waals surface area contributed by atoms with Crippen LogP contribution in [0.1, 0.15) is 6.92 Å². The molecular weight excluding hydrogens is 117 g/mol. The number of rotatable bonds is 1. The molecule has 0 radical (unpaired) electrons. The second-order valence-corrected chi connectivity index (χ2v) is 1.23. The van der Waals surface area contributed by atoms with E-state index in [1.54, 1.807) is 0 Å². The largest absolute Gasteiger partial charge is 0.389 e. The van der Waals surface area contributed by atoms with Gasteiger partial charge in [-0.2, -0.15) is 0 Å². The molecule has 4 heteroatoms. The second kappa shape index (κ2) is 4.33. The molecule has 7 heavy (non-hydrogen) atoms. The molecule has 0 aliphatic carbocycles. The molecule has 0 bridgehead atoms. The van der Waals surface area contributed by atoms with E-state index in [9.17, 15) is 0 Å². The lowest BCUT2D eigenvalue weighted by molar-refractivity contribution is 0.0359. The molecule has 0 aromatic carbocycles. The van der Waals surface area contributed by atoms with Gasteiger partial charge in [-0.05, 0) is 6.92 Å². The molecule has 0 saturated heterocycles. The highest BCUT2D eigenvalue weighted by Crippen LogP contribution is 1.78. The van der Waals surface area contributed by atoms with Gasteiger partial charge in [0.1, 0.15) is 6.23 Å². The highest BCUT2D eigenvalue weighted by Gasteiger charge is 2.00. The van der Waals surface area contributed by atoms with Crippen molar-refractivity contribution >= 4 is 12.4 Å². The normalized spacial score (nSPS) is 17.1. The van der Waals surface area contributed by atoms with Crippen LogP contribution in [0.4, 0.5) is 0 Å². The summed E-state index contributed by atoms with van der Waals surface area (Å²) in [5.74, 6) is 0. The third-order valence-electron chi connectivity index (χ3n) is 0.494. The topological polar surface area (TPSA) is 66.5 Å². The SMILES string of the molecule is C[C@H](O)C(N)O.Cl. The van der Waals surface area contributed by atoms with E-state index in [0.29, 0.717) is 0 Å². The maximum absolute atomic E-state index is 8.25. The van der Waals surface area contributed by atoms with Crippen molar-refractivity contribution in [3.05, 3.63) is 0 Å². The molecule has 3 nitrogen and oxygen atoms in total. The number of aliphatic hydroxyl groups excluding tert-OH is 2. The highest BCUT2D eigenvalue weighted by molar-refractivity contribution is 5.85. The van der Waals surface area contributed by atoms with Crippen LogP contribution in [-0.4, -0.2) is 22.5 Å². The number of hydrogen-bond donors (Lipinski definition) is 3. The van der Waals surface area contributed by atoms with Crippen molar-refractivity contribution in [3.8, 4) is 0 Å². The highest BCUT2D eigenvalue weighted by atomic mass is 35.5. The minimum atomic E-state index is -1.09. The van der Waals surface area contributed by atoms with Crippen molar-refractivity contribution in [3.63, 3.8) is 0 Å². The van der Waals surface area contributed by atoms with Gasteiger partial charge in [0.25, 0.3) is 0 Å². The van der Waals surface area contributed by atoms with Gasteiger partial charge in [0.05, 0.1) is 6.10 Å². The van der Waals surface area contributed by atoms with E-state index in [1.165, 1.54) is 6.92 Å². The molecule has 0 heterocycles. The average Bonchev–Trinajstić information content (AvgIpc) is 1.36. The minimum absolute atomic E-state index is 0. The van der Waals surface area contributed by atoms with E-state index in [4.69, 9.17) is 15.9 Å². The molecule has 4 N–H and O–H groups in total. The first-order chi connectivity index (χ1) is 2.64. The van der Waals surface area contributed by atoms with Crippen LogP contribution in [0.3, 0.4) is 0 Å². The van der Waals surface area contributed by atoms with E-state index in [0.717, 1.165) is 0 Å². The number of halogens is 1. The van der Waals surface area contributed by atoms with E-state index < -0.39 is 12.3 Å². The van der Waals surface area contributed by atoms with Crippen LogP contribution in [0.5, 0.6) is 0 Å². The Hall–Kier alpha value is 0.170. The van der Waals surface area contributed by atoms with Gasteiger partial charge in [0.15, 0.2) is 0 Å². The summed E-state index contributed by atoms with van der Waals surface area (Å²) < 4.78 is 0. The average molecular weight is 128 g/mol. The summed E-state index contributed by atoms with van der Waals surface area (Å²) in [4.78, 5) is 0. The summed E-state index contributed by atoms with van der Waals surface area (Å²) in [6, 6.07) is 0. The number of nitrogens with two attached hydrogens (primary N) is 1. The van der Waals surface area contributed by atoms with Gasteiger partial charge in [-0.25, -0.2) is 0 Å². The van der Waals surface area contributed by atoms with Crippen molar-refractivity contribution in [2.45, 2.75) is 19.3 Å². The third kappa shape index (κ3) is 6.17. The van der Waals surface area contributed by atoms with Crippen molar-refractivity contribution in [1.82, 2.24) is 0 Å². The lowest BCUT2D eigenvalue weighted by Crippen LogP contribution is -2.31. The molecule has 0 rings (SSSR count). The van der Waals surface area contributed by atoms with Crippen LogP contribution in [0.15, 0.2) is 0 Å². The molecule has 0 amide bonds. The van der Waals surface area contributed by atoms with Gasteiger partial charge in [-0.3, -0.25) is 0 Å². The zero-order valence-corrected chi connectivity index (χ0v) is 4.85. The van der Waals surface area contributed by atoms with Gasteiger partial charge in [-0.15, -0.1) is 12.4 Å². The van der Waals surface area contributed by atoms with E-state index >= 15 is 0 Å². The van der Waals surface area contributed by atoms with Crippen molar-refractivity contribution in [1.29, 1.82) is 0 Å². The minimum Gasteiger partial charge on any atom is -0.389 e. The van der Waals surface area contributed by atoms with Gasteiger partial charge in [-0.1, -0.05) is 0 Å². The van der Waals surface area contributed by atoms with Crippen molar-refractivity contribution in [2.24, 2.45) is 5.73 Å². The smallest absolute Gasteiger partial charge is 0.128 e. The summed E-state index contributed by atoms with van der Waals surface area (Å²) in [6.07, 6.45) is -1.91. The zero-order valence-electron chi connectivity index (χ0n) is 4.03. The van der Waals surface area contributed by atoms with Crippen LogP contribution < -0.4 is 5.73 Å². The van der Waals surface area contributed by atoms with E-state index in [1.807, 2.05) is 0 Å². The van der Waals surface area contributed by atoms with Crippen LogP contribution >= 0.6 is 12.4 Å². The quantitative estimate of drug-likeness (QED) is 0.399. The van der Waals surface area contributed by atoms with Gasteiger partial charge >= 0.3 is 0 Å². The second-order valence-electron chi connectivity index (χ2n) is 1.23. The first-order valence-corrected chi connectivity index (χ1v) is 1.76. The van der Waals surface area contributed by atoms with Crippen LogP contribution in [0, 0.1) is 0 Å². The summed E-state index contributed by atoms with van der Waals surface area (Å²) in [5.41, 5.74) is 4.74. The van der Waals surface area contributed by atoms with Gasteiger partial charge < -0.3 is 15.9 Å². The Labute approximate surface area is 48.6 Å². The maximum Gasteiger partial charge on any atom is 0.128 e. The lowest BCUT2D eigenvalue weighted by Gasteiger charge is -2.03. The predicted molar refractivity (Wildman–Crippen MR) is 29.1 cm³/mol. The van der Waals surface area contributed by atoms with Gasteiger partial charge in [0, 0.05) is 0 Å². The maximum atomic E-state index is 8.25. The lowest BCUT2D eigenvalue weighted by atomic mass is 10.4. The summed E-state index contributed by atoms with van der Waals surface area (Å²) in [5, 5.41) is 16.4. The van der Waals surface area contributed by atoms with Crippen molar-refractivity contribution in [2.75, 3.05) is 0 Å². The van der Waals surface area contributed by atoms with E-state index in [2.05, 4.69) is 0 Å². The fourth-order valence-corrected chi connectivity index (χ4v) is 0. The fraction of sp³-hybridized carbons (Fsp3) is 1.00. The molecule has 2 atom stereocenters. The van der Waals surface area contributed by atoms with E-state index in [-0.39, 0.29) is 12.4 Å². The van der Waals surface area contributed by atoms with Crippen LogP contribution in [0.25, 0.3) is 0 Å². The third-order valence-corrected chi connectivity index (χ3v) is 0.494. The van der Waals surface area contributed by atoms with Gasteiger partial charge in [0.2, 0.25) is 0 Å². The Morgan fingerprint density at radius 1 is 1.43 bits per heavy atom. The molecule has 0 aliphatic rings. The van der Waals surface area contributed by atoms with Crippen LogP contribution in [0.2, 0.25) is 0 Å². The Bertz CT molecular complexity index is 33.9. The Kier molecular flexibility index (Phi) is 6.32. The Balaban J connectivity index is 0. The Morgan fingerprint density at radius 3 is 1.57 bits per heavy atom. The molecule has 0 aliphatic heterocycles. The van der Waals surface area contributed by atoms with Crippen LogP contribution in [-0.2, 0) is 0 Å². The summed E-state index contributed by atoms with van der Waals surface area (Å²) in [7, 11) is 0. The fourth-order valence-electron chi connectivity index (χ4n) is 0. The molecule has 1 unspecified atom stereocenters. The first-order valence-electron chi connectivity index (χ1n) is 1.76. The molecule has 46 valence electrons. The molecule has 0 aromatic rings.